The number of nitrogens with two attached hydrogens (primary N) is 1. The van der Waals surface area contributed by atoms with Gasteiger partial charge in [0.2, 0.25) is 0 Å². The fraction of sp³-hybridized carbons (Fsp3) is 0.200. The minimum Gasteiger partial charge on any atom is -0.485 e. The summed E-state index contributed by atoms with van der Waals surface area (Å²) < 4.78 is 58.8. The summed E-state index contributed by atoms with van der Waals surface area (Å²) in [5.41, 5.74) is 6.28. The number of fused-ring (bicyclic) bond motifs is 1. The zero-order chi connectivity index (χ0) is 15.1. The molecule has 0 amide bonds. The maximum atomic E-state index is 13.8. The van der Waals surface area contributed by atoms with Gasteiger partial charge in [-0.15, -0.1) is 0 Å². The molecule has 0 radical (unpaired) electrons. The van der Waals surface area contributed by atoms with Crippen LogP contribution in [0.4, 0.5) is 17.6 Å². The van der Waals surface area contributed by atoms with Crippen molar-refractivity contribution >= 4 is 0 Å². The van der Waals surface area contributed by atoms with Crippen LogP contribution in [0.25, 0.3) is 0 Å². The van der Waals surface area contributed by atoms with Crippen molar-refractivity contribution in [3.05, 3.63) is 64.7 Å². The predicted molar refractivity (Wildman–Crippen MR) is 67.6 cm³/mol. The van der Waals surface area contributed by atoms with Crippen molar-refractivity contribution in [3.63, 3.8) is 0 Å². The highest BCUT2D eigenvalue weighted by Gasteiger charge is 2.30. The largest absolute Gasteiger partial charge is 0.485 e. The lowest BCUT2D eigenvalue weighted by Gasteiger charge is -2.30. The highest BCUT2D eigenvalue weighted by Crippen LogP contribution is 2.40. The molecule has 0 spiro atoms. The first-order chi connectivity index (χ1) is 9.95. The van der Waals surface area contributed by atoms with Crippen LogP contribution < -0.4 is 10.5 Å². The summed E-state index contributed by atoms with van der Waals surface area (Å²) in [6.45, 7) is 0. The van der Waals surface area contributed by atoms with E-state index in [1.165, 1.54) is 18.2 Å². The lowest BCUT2D eigenvalue weighted by Crippen LogP contribution is -2.25. The molecule has 6 heteroatoms. The number of benzene rings is 2. The highest BCUT2D eigenvalue weighted by molar-refractivity contribution is 5.39. The number of ether oxygens (including phenoxy) is 1. The van der Waals surface area contributed by atoms with E-state index in [0.717, 1.165) is 6.07 Å². The smallest absolute Gasteiger partial charge is 0.161 e. The maximum Gasteiger partial charge on any atom is 0.161 e. The first-order valence-electron chi connectivity index (χ1n) is 6.32. The van der Waals surface area contributed by atoms with Crippen molar-refractivity contribution < 1.29 is 22.3 Å². The molecule has 2 N–H and O–H groups in total. The summed E-state index contributed by atoms with van der Waals surface area (Å²) in [7, 11) is 0. The number of rotatable bonds is 1. The Labute approximate surface area is 118 Å². The van der Waals surface area contributed by atoms with Crippen LogP contribution in [0.5, 0.6) is 5.75 Å². The van der Waals surface area contributed by atoms with Gasteiger partial charge in [-0.3, -0.25) is 0 Å². The molecule has 0 bridgehead atoms. The van der Waals surface area contributed by atoms with E-state index in [-0.39, 0.29) is 12.0 Å². The van der Waals surface area contributed by atoms with Gasteiger partial charge in [-0.1, -0.05) is 0 Å². The molecule has 2 nitrogen and oxygen atoms in total. The Morgan fingerprint density at radius 1 is 0.905 bits per heavy atom. The van der Waals surface area contributed by atoms with Crippen LogP contribution in [0.3, 0.4) is 0 Å². The van der Waals surface area contributed by atoms with Crippen molar-refractivity contribution in [2.24, 2.45) is 5.73 Å². The van der Waals surface area contributed by atoms with Gasteiger partial charge < -0.3 is 10.5 Å². The molecule has 0 fully saturated rings. The van der Waals surface area contributed by atoms with Gasteiger partial charge in [0.25, 0.3) is 0 Å². The summed E-state index contributed by atoms with van der Waals surface area (Å²) >= 11 is 0. The fourth-order valence-corrected chi connectivity index (χ4v) is 2.45. The molecule has 2 aromatic rings. The second-order valence-corrected chi connectivity index (χ2v) is 4.92. The first kappa shape index (κ1) is 13.9. The van der Waals surface area contributed by atoms with Gasteiger partial charge in [-0.25, -0.2) is 17.6 Å². The molecule has 0 saturated carbocycles. The third-order valence-corrected chi connectivity index (χ3v) is 3.50. The molecule has 21 heavy (non-hydrogen) atoms. The molecule has 0 aliphatic carbocycles. The van der Waals surface area contributed by atoms with Crippen molar-refractivity contribution in [1.82, 2.24) is 0 Å². The van der Waals surface area contributed by atoms with Crippen LogP contribution in [0.1, 0.15) is 29.7 Å². The highest BCUT2D eigenvalue weighted by atomic mass is 19.2. The van der Waals surface area contributed by atoms with Crippen molar-refractivity contribution in [2.75, 3.05) is 0 Å². The number of hydrogen-bond donors (Lipinski definition) is 1. The molecule has 110 valence electrons. The third kappa shape index (κ3) is 2.47. The molecule has 1 aliphatic heterocycles. The van der Waals surface area contributed by atoms with Gasteiger partial charge >= 0.3 is 0 Å². The number of hydrogen-bond acceptors (Lipinski definition) is 2. The van der Waals surface area contributed by atoms with Gasteiger partial charge in [0.05, 0.1) is 0 Å². The quantitative estimate of drug-likeness (QED) is 0.642. The second-order valence-electron chi connectivity index (χ2n) is 4.92. The molecular formula is C15H11F4NO. The van der Waals surface area contributed by atoms with E-state index in [2.05, 4.69) is 0 Å². The zero-order valence-electron chi connectivity index (χ0n) is 10.7. The van der Waals surface area contributed by atoms with E-state index >= 15 is 0 Å². The standard InChI is InChI=1S/C15H11F4NO/c16-7-1-2-14-9(3-7)13(20)6-15(21-14)8-4-11(18)12(19)5-10(8)17/h1-5,13,15H,6,20H2/t13-,15?/m1/s1. The molecule has 1 heterocycles. The van der Waals surface area contributed by atoms with E-state index in [0.29, 0.717) is 17.4 Å². The summed E-state index contributed by atoms with van der Waals surface area (Å²) in [5.74, 6) is -3.47. The molecule has 0 aromatic heterocycles. The molecule has 1 aliphatic rings. The van der Waals surface area contributed by atoms with Crippen LogP contribution in [-0.4, -0.2) is 0 Å². The van der Waals surface area contributed by atoms with Gasteiger partial charge in [0.15, 0.2) is 11.6 Å². The Morgan fingerprint density at radius 3 is 2.38 bits per heavy atom. The molecule has 2 aromatic carbocycles. The SMILES string of the molecule is N[C@@H]1CC(c2cc(F)c(F)cc2F)Oc2ccc(F)cc21. The van der Waals surface area contributed by atoms with Crippen LogP contribution in [0.2, 0.25) is 0 Å². The second kappa shape index (κ2) is 5.04. The topological polar surface area (TPSA) is 35.2 Å². The van der Waals surface area contributed by atoms with E-state index in [1.54, 1.807) is 0 Å². The minimum absolute atomic E-state index is 0.112. The summed E-state index contributed by atoms with van der Waals surface area (Å²) in [4.78, 5) is 0. The van der Waals surface area contributed by atoms with Crippen LogP contribution >= 0.6 is 0 Å². The monoisotopic (exact) mass is 297 g/mol. The van der Waals surface area contributed by atoms with E-state index in [9.17, 15) is 17.6 Å². The van der Waals surface area contributed by atoms with Crippen molar-refractivity contribution in [3.8, 4) is 5.75 Å². The van der Waals surface area contributed by atoms with Gasteiger partial charge in [-0.2, -0.15) is 0 Å². The lowest BCUT2D eigenvalue weighted by molar-refractivity contribution is 0.156. The molecule has 2 atom stereocenters. The van der Waals surface area contributed by atoms with Crippen molar-refractivity contribution in [2.45, 2.75) is 18.6 Å². The number of halogens is 4. The average Bonchev–Trinajstić information content (AvgIpc) is 2.43. The van der Waals surface area contributed by atoms with Crippen molar-refractivity contribution in [1.29, 1.82) is 0 Å². The van der Waals surface area contributed by atoms with E-state index in [1.807, 2.05) is 0 Å². The average molecular weight is 297 g/mol. The van der Waals surface area contributed by atoms with Crippen LogP contribution in [0.15, 0.2) is 30.3 Å². The third-order valence-electron chi connectivity index (χ3n) is 3.50. The summed E-state index contributed by atoms with van der Waals surface area (Å²) in [5, 5.41) is 0. The van der Waals surface area contributed by atoms with E-state index in [4.69, 9.17) is 10.5 Å². The van der Waals surface area contributed by atoms with Crippen LogP contribution in [0, 0.1) is 23.3 Å². The molecular weight excluding hydrogens is 286 g/mol. The zero-order valence-corrected chi connectivity index (χ0v) is 10.7. The Hall–Kier alpha value is -2.08. The molecule has 0 saturated heterocycles. The normalized spacial score (nSPS) is 20.8. The van der Waals surface area contributed by atoms with Gasteiger partial charge in [0, 0.05) is 29.7 Å². The van der Waals surface area contributed by atoms with E-state index < -0.39 is 35.4 Å². The summed E-state index contributed by atoms with van der Waals surface area (Å²) in [6.07, 6.45) is -0.716. The van der Waals surface area contributed by atoms with Gasteiger partial charge in [-0.05, 0) is 24.3 Å². The minimum atomic E-state index is -1.26. The first-order valence-corrected chi connectivity index (χ1v) is 6.32. The Kier molecular flexibility index (Phi) is 3.33. The lowest BCUT2D eigenvalue weighted by atomic mass is 9.93. The van der Waals surface area contributed by atoms with Gasteiger partial charge in [0.1, 0.15) is 23.5 Å². The summed E-state index contributed by atoms with van der Waals surface area (Å²) in [6, 6.07) is 4.47. The Bertz CT molecular complexity index is 704. The Balaban J connectivity index is 1.99. The maximum absolute atomic E-state index is 13.8. The van der Waals surface area contributed by atoms with Crippen LogP contribution in [-0.2, 0) is 0 Å². The fourth-order valence-electron chi connectivity index (χ4n) is 2.45. The Morgan fingerprint density at radius 2 is 1.62 bits per heavy atom. The molecule has 1 unspecified atom stereocenters. The molecule has 3 rings (SSSR count). The predicted octanol–water partition coefficient (Wildman–Crippen LogP) is 3.77.